The number of benzene rings is 1. The maximum Gasteiger partial charge on any atom is 0.229 e. The van der Waals surface area contributed by atoms with E-state index in [1.807, 2.05) is 0 Å². The van der Waals surface area contributed by atoms with Crippen molar-refractivity contribution in [3.05, 3.63) is 29.4 Å². The molecule has 1 saturated carbocycles. The second-order valence-electron chi connectivity index (χ2n) is 9.59. The van der Waals surface area contributed by atoms with Crippen molar-refractivity contribution in [1.29, 1.82) is 0 Å². The molecule has 0 bridgehead atoms. The number of rotatable bonds is 8. The van der Waals surface area contributed by atoms with Crippen LogP contribution in [-0.4, -0.2) is 74.0 Å². The van der Waals surface area contributed by atoms with Crippen LogP contribution in [0.1, 0.15) is 32.1 Å². The Bertz CT molecular complexity index is 958. The highest BCUT2D eigenvalue weighted by Crippen LogP contribution is 2.36. The van der Waals surface area contributed by atoms with Crippen LogP contribution in [0.25, 0.3) is 0 Å². The van der Waals surface area contributed by atoms with Crippen molar-refractivity contribution in [1.82, 2.24) is 14.9 Å². The molecule has 2 aliphatic heterocycles. The van der Waals surface area contributed by atoms with Crippen molar-refractivity contribution in [3.8, 4) is 5.75 Å². The molecule has 0 spiro atoms. The van der Waals surface area contributed by atoms with Crippen molar-refractivity contribution < 1.29 is 9.47 Å². The molecule has 5 rings (SSSR count). The number of aromatic nitrogens is 2. The topological polar surface area (TPSA) is 74.8 Å². The van der Waals surface area contributed by atoms with Gasteiger partial charge in [-0.2, -0.15) is 4.98 Å². The lowest BCUT2D eigenvalue weighted by Gasteiger charge is -2.35. The Morgan fingerprint density at radius 3 is 2.65 bits per heavy atom. The summed E-state index contributed by atoms with van der Waals surface area (Å²) < 4.78 is 11.8. The largest absolute Gasteiger partial charge is 0.488 e. The summed E-state index contributed by atoms with van der Waals surface area (Å²) >= 11 is 6.39. The highest BCUT2D eigenvalue weighted by atomic mass is 35.5. The highest BCUT2D eigenvalue weighted by Gasteiger charge is 2.23. The van der Waals surface area contributed by atoms with Crippen molar-refractivity contribution >= 4 is 34.7 Å². The van der Waals surface area contributed by atoms with Gasteiger partial charge in [-0.3, -0.25) is 0 Å². The molecule has 0 atom stereocenters. The minimum Gasteiger partial charge on any atom is -0.488 e. The average Bonchev–Trinajstić information content (AvgIpc) is 2.83. The zero-order valence-corrected chi connectivity index (χ0v) is 20.7. The van der Waals surface area contributed by atoms with Gasteiger partial charge in [0.1, 0.15) is 10.8 Å². The minimum absolute atomic E-state index is 0.283. The van der Waals surface area contributed by atoms with Crippen LogP contribution in [0.2, 0.25) is 5.02 Å². The molecule has 8 nitrogen and oxygen atoms in total. The first-order valence-corrected chi connectivity index (χ1v) is 12.9. The number of hydrogen-bond acceptors (Lipinski definition) is 8. The van der Waals surface area contributed by atoms with Gasteiger partial charge in [-0.25, -0.2) is 4.98 Å². The number of anilines is 4. The molecule has 3 heterocycles. The molecule has 3 fully saturated rings. The van der Waals surface area contributed by atoms with E-state index in [0.29, 0.717) is 22.7 Å². The summed E-state index contributed by atoms with van der Waals surface area (Å²) in [7, 11) is 2.17. The van der Waals surface area contributed by atoms with Crippen LogP contribution < -0.4 is 20.3 Å². The third-order valence-corrected chi connectivity index (χ3v) is 7.35. The van der Waals surface area contributed by atoms with Gasteiger partial charge in [0, 0.05) is 57.7 Å². The quantitative estimate of drug-likeness (QED) is 0.569. The Labute approximate surface area is 207 Å². The number of nitrogens with one attached hydrogen (secondary N) is 2. The van der Waals surface area contributed by atoms with Gasteiger partial charge < -0.3 is 29.9 Å². The van der Waals surface area contributed by atoms with E-state index in [0.717, 1.165) is 83.1 Å². The molecule has 2 aromatic rings. The molecule has 1 aromatic heterocycles. The Morgan fingerprint density at radius 1 is 1.12 bits per heavy atom. The van der Waals surface area contributed by atoms with E-state index in [2.05, 4.69) is 55.6 Å². The summed E-state index contributed by atoms with van der Waals surface area (Å²) in [6.45, 7) is 6.66. The molecule has 0 radical (unpaired) electrons. The van der Waals surface area contributed by atoms with Crippen LogP contribution in [0.15, 0.2) is 24.4 Å². The summed E-state index contributed by atoms with van der Waals surface area (Å²) in [6.07, 6.45) is 7.49. The minimum atomic E-state index is 0.283. The van der Waals surface area contributed by atoms with Crippen molar-refractivity contribution in [2.45, 2.75) is 38.2 Å². The first-order valence-electron chi connectivity index (χ1n) is 12.5. The normalized spacial score (nSPS) is 20.1. The Hall–Kier alpha value is -2.29. The summed E-state index contributed by atoms with van der Waals surface area (Å²) in [5.74, 6) is 2.59. The summed E-state index contributed by atoms with van der Waals surface area (Å²) in [5.41, 5.74) is 2.08. The van der Waals surface area contributed by atoms with Crippen LogP contribution in [0.4, 0.5) is 23.1 Å². The smallest absolute Gasteiger partial charge is 0.229 e. The van der Waals surface area contributed by atoms with Crippen molar-refractivity contribution in [2.75, 3.05) is 68.5 Å². The molecule has 9 heteroatoms. The number of halogens is 1. The van der Waals surface area contributed by atoms with Crippen LogP contribution >= 0.6 is 11.6 Å². The average molecular weight is 487 g/mol. The lowest BCUT2D eigenvalue weighted by atomic mass is 9.96. The molecule has 0 amide bonds. The highest BCUT2D eigenvalue weighted by molar-refractivity contribution is 6.32. The zero-order valence-electron chi connectivity index (χ0n) is 19.9. The van der Waals surface area contributed by atoms with Gasteiger partial charge in [-0.05, 0) is 57.2 Å². The number of likely N-dealkylation sites (N-methyl/N-ethyl adjacent to an activating group) is 1. The predicted molar refractivity (Wildman–Crippen MR) is 137 cm³/mol. The van der Waals surface area contributed by atoms with Crippen LogP contribution in [0.3, 0.4) is 0 Å². The van der Waals surface area contributed by atoms with Crippen LogP contribution in [0, 0.1) is 5.92 Å². The molecule has 0 unspecified atom stereocenters. The van der Waals surface area contributed by atoms with E-state index >= 15 is 0 Å². The fraction of sp³-hybridized carbons (Fsp3) is 0.600. The van der Waals surface area contributed by atoms with Crippen LogP contribution in [0.5, 0.6) is 5.75 Å². The summed E-state index contributed by atoms with van der Waals surface area (Å²) in [6, 6.07) is 6.39. The molecule has 2 saturated heterocycles. The number of ether oxygens (including phenoxy) is 2. The second-order valence-corrected chi connectivity index (χ2v) is 10.0. The Morgan fingerprint density at radius 2 is 1.91 bits per heavy atom. The van der Waals surface area contributed by atoms with Gasteiger partial charge in [-0.1, -0.05) is 11.6 Å². The number of hydrogen-bond donors (Lipinski definition) is 2. The first-order chi connectivity index (χ1) is 16.6. The van der Waals surface area contributed by atoms with E-state index in [1.54, 1.807) is 6.20 Å². The van der Waals surface area contributed by atoms with E-state index in [4.69, 9.17) is 21.1 Å². The second kappa shape index (κ2) is 11.0. The fourth-order valence-electron chi connectivity index (χ4n) is 4.50. The molecule has 1 aliphatic carbocycles. The van der Waals surface area contributed by atoms with Gasteiger partial charge in [-0.15, -0.1) is 0 Å². The van der Waals surface area contributed by atoms with E-state index in [9.17, 15) is 0 Å². The third-order valence-electron chi connectivity index (χ3n) is 7.07. The van der Waals surface area contributed by atoms with Gasteiger partial charge >= 0.3 is 0 Å². The predicted octanol–water partition coefficient (Wildman–Crippen LogP) is 4.40. The number of piperazine rings is 1. The van der Waals surface area contributed by atoms with Crippen molar-refractivity contribution in [3.63, 3.8) is 0 Å². The monoisotopic (exact) mass is 486 g/mol. The SMILES string of the molecule is CN1CCN(c2ccc(Nc3ncc(Cl)c(NCC4CCOCC4)n3)c(OC3CCC3)c2)CC1. The molecule has 34 heavy (non-hydrogen) atoms. The number of nitrogens with zero attached hydrogens (tertiary/aromatic N) is 4. The fourth-order valence-corrected chi connectivity index (χ4v) is 4.66. The zero-order chi connectivity index (χ0) is 23.3. The summed E-state index contributed by atoms with van der Waals surface area (Å²) in [4.78, 5) is 13.9. The van der Waals surface area contributed by atoms with Crippen LogP contribution in [-0.2, 0) is 4.74 Å². The molecule has 184 valence electrons. The van der Waals surface area contributed by atoms with Gasteiger partial charge in [0.05, 0.1) is 18.0 Å². The third kappa shape index (κ3) is 5.85. The van der Waals surface area contributed by atoms with E-state index < -0.39 is 0 Å². The lowest BCUT2D eigenvalue weighted by Crippen LogP contribution is -2.44. The maximum absolute atomic E-state index is 6.39. The molecular formula is C25H35ClN6O2. The Kier molecular flexibility index (Phi) is 7.57. The Balaban J connectivity index is 1.31. The van der Waals surface area contributed by atoms with E-state index in [1.165, 1.54) is 12.1 Å². The molecule has 2 N–H and O–H groups in total. The van der Waals surface area contributed by atoms with Crippen molar-refractivity contribution in [2.24, 2.45) is 5.92 Å². The van der Waals surface area contributed by atoms with Gasteiger partial charge in [0.15, 0.2) is 5.82 Å². The lowest BCUT2D eigenvalue weighted by molar-refractivity contribution is 0.0699. The maximum atomic E-state index is 6.39. The van der Waals surface area contributed by atoms with E-state index in [-0.39, 0.29) is 6.10 Å². The summed E-state index contributed by atoms with van der Waals surface area (Å²) in [5, 5.41) is 7.31. The first kappa shape index (κ1) is 23.5. The standard InChI is InChI=1S/C25H35ClN6O2/c1-31-9-11-32(12-10-31)19-5-6-22(23(15-19)34-20-3-2-4-20)29-25-28-17-21(26)24(30-25)27-16-18-7-13-33-14-8-18/h5-6,15,17-18,20H,2-4,7-14,16H2,1H3,(H2,27,28,29,30). The molecular weight excluding hydrogens is 452 g/mol. The molecule has 1 aromatic carbocycles. The van der Waals surface area contributed by atoms with Gasteiger partial charge in [0.25, 0.3) is 0 Å². The van der Waals surface area contributed by atoms with Gasteiger partial charge in [0.2, 0.25) is 5.95 Å². The molecule has 3 aliphatic rings.